The lowest BCUT2D eigenvalue weighted by molar-refractivity contribution is 0.170. The van der Waals surface area contributed by atoms with Crippen LogP contribution in [0.3, 0.4) is 0 Å². The van der Waals surface area contributed by atoms with Gasteiger partial charge in [-0.2, -0.15) is 0 Å². The first-order valence-electron chi connectivity index (χ1n) is 7.06. The van der Waals surface area contributed by atoms with Gasteiger partial charge in [0.1, 0.15) is 0 Å². The number of likely N-dealkylation sites (N-methyl/N-ethyl adjacent to an activating group) is 1. The highest BCUT2D eigenvalue weighted by molar-refractivity contribution is 5.49. The molecule has 0 saturated carbocycles. The largest absolute Gasteiger partial charge is 0.368 e. The van der Waals surface area contributed by atoms with Gasteiger partial charge in [0.15, 0.2) is 0 Å². The summed E-state index contributed by atoms with van der Waals surface area (Å²) in [6.07, 6.45) is 0. The molecule has 0 spiro atoms. The van der Waals surface area contributed by atoms with Crippen molar-refractivity contribution in [2.75, 3.05) is 25.0 Å². The average Bonchev–Trinajstić information content (AvgIpc) is 2.35. The molecule has 0 aromatic heterocycles. The molecule has 0 bridgehead atoms. The number of piperazine rings is 1. The monoisotopic (exact) mass is 246 g/mol. The Hall–Kier alpha value is -1.02. The second kappa shape index (κ2) is 5.31. The van der Waals surface area contributed by atoms with Gasteiger partial charge in [-0.05, 0) is 44.5 Å². The van der Waals surface area contributed by atoms with E-state index in [9.17, 15) is 0 Å². The Balaban J connectivity index is 2.12. The van der Waals surface area contributed by atoms with E-state index < -0.39 is 0 Å². The molecule has 0 unspecified atom stereocenters. The molecule has 1 aromatic rings. The second-order valence-electron chi connectivity index (χ2n) is 6.01. The van der Waals surface area contributed by atoms with E-state index in [0.717, 1.165) is 13.1 Å². The van der Waals surface area contributed by atoms with Crippen LogP contribution < -0.4 is 4.90 Å². The van der Waals surface area contributed by atoms with Gasteiger partial charge in [0.05, 0.1) is 0 Å². The first kappa shape index (κ1) is 13.4. The Morgan fingerprint density at radius 1 is 1.00 bits per heavy atom. The van der Waals surface area contributed by atoms with E-state index in [1.54, 1.807) is 0 Å². The van der Waals surface area contributed by atoms with E-state index in [2.05, 4.69) is 68.8 Å². The minimum absolute atomic E-state index is 0.615. The smallest absolute Gasteiger partial charge is 0.0367 e. The van der Waals surface area contributed by atoms with Crippen molar-refractivity contribution in [3.63, 3.8) is 0 Å². The molecule has 1 saturated heterocycles. The summed E-state index contributed by atoms with van der Waals surface area (Å²) in [7, 11) is 2.23. The molecule has 1 aliphatic rings. The highest BCUT2D eigenvalue weighted by Crippen LogP contribution is 2.23. The summed E-state index contributed by atoms with van der Waals surface area (Å²) in [5, 5.41) is 0. The van der Waals surface area contributed by atoms with E-state index in [0.29, 0.717) is 18.0 Å². The van der Waals surface area contributed by atoms with Crippen molar-refractivity contribution in [1.82, 2.24) is 4.90 Å². The van der Waals surface area contributed by atoms with E-state index in [4.69, 9.17) is 0 Å². The highest BCUT2D eigenvalue weighted by Gasteiger charge is 2.26. The van der Waals surface area contributed by atoms with Crippen molar-refractivity contribution in [3.8, 4) is 0 Å². The predicted molar refractivity (Wildman–Crippen MR) is 79.4 cm³/mol. The molecule has 2 heteroatoms. The number of hydrogen-bond donors (Lipinski definition) is 0. The van der Waals surface area contributed by atoms with Crippen molar-refractivity contribution >= 4 is 5.69 Å². The normalized spacial score (nSPS) is 25.8. The zero-order valence-electron chi connectivity index (χ0n) is 12.4. The highest BCUT2D eigenvalue weighted by atomic mass is 15.3. The van der Waals surface area contributed by atoms with Crippen molar-refractivity contribution < 1.29 is 0 Å². The molecule has 2 rings (SSSR count). The van der Waals surface area contributed by atoms with Gasteiger partial charge in [-0.15, -0.1) is 0 Å². The van der Waals surface area contributed by atoms with Gasteiger partial charge in [0.2, 0.25) is 0 Å². The summed E-state index contributed by atoms with van der Waals surface area (Å²) in [5.74, 6) is 0.615. The van der Waals surface area contributed by atoms with E-state index in [1.165, 1.54) is 11.3 Å². The molecule has 18 heavy (non-hydrogen) atoms. The number of anilines is 1. The molecule has 0 N–H and O–H groups in total. The van der Waals surface area contributed by atoms with Crippen LogP contribution in [-0.2, 0) is 0 Å². The lowest BCUT2D eigenvalue weighted by Gasteiger charge is -2.43. The van der Waals surface area contributed by atoms with Gasteiger partial charge >= 0.3 is 0 Å². The Labute approximate surface area is 112 Å². The third-order valence-electron chi connectivity index (χ3n) is 4.28. The number of hydrogen-bond acceptors (Lipinski definition) is 2. The van der Waals surface area contributed by atoms with Gasteiger partial charge in [-0.3, -0.25) is 4.90 Å². The third kappa shape index (κ3) is 2.69. The molecule has 2 atom stereocenters. The van der Waals surface area contributed by atoms with Crippen LogP contribution in [0.4, 0.5) is 5.69 Å². The first-order chi connectivity index (χ1) is 8.49. The fourth-order valence-electron chi connectivity index (χ4n) is 2.69. The molecule has 0 amide bonds. The van der Waals surface area contributed by atoms with Crippen molar-refractivity contribution in [3.05, 3.63) is 29.8 Å². The van der Waals surface area contributed by atoms with E-state index in [-0.39, 0.29) is 0 Å². The molecule has 1 aliphatic heterocycles. The number of nitrogens with zero attached hydrogens (tertiary/aromatic N) is 2. The van der Waals surface area contributed by atoms with Crippen LogP contribution in [0.2, 0.25) is 0 Å². The quantitative estimate of drug-likeness (QED) is 0.789. The Bertz CT molecular complexity index is 371. The zero-order valence-corrected chi connectivity index (χ0v) is 12.4. The van der Waals surface area contributed by atoms with Gasteiger partial charge in [-0.1, -0.05) is 26.0 Å². The van der Waals surface area contributed by atoms with E-state index in [1.807, 2.05) is 0 Å². The Morgan fingerprint density at radius 3 is 1.94 bits per heavy atom. The molecule has 1 fully saturated rings. The van der Waals surface area contributed by atoms with Gasteiger partial charge in [0, 0.05) is 30.9 Å². The predicted octanol–water partition coefficient (Wildman–Crippen LogP) is 3.34. The lowest BCUT2D eigenvalue weighted by Crippen LogP contribution is -2.55. The summed E-state index contributed by atoms with van der Waals surface area (Å²) < 4.78 is 0. The fourth-order valence-corrected chi connectivity index (χ4v) is 2.69. The first-order valence-corrected chi connectivity index (χ1v) is 7.06. The van der Waals surface area contributed by atoms with Crippen LogP contribution in [0.5, 0.6) is 0 Å². The summed E-state index contributed by atoms with van der Waals surface area (Å²) in [5.41, 5.74) is 2.79. The molecular weight excluding hydrogens is 220 g/mol. The summed E-state index contributed by atoms with van der Waals surface area (Å²) in [4.78, 5) is 4.98. The molecule has 1 heterocycles. The van der Waals surface area contributed by atoms with Crippen LogP contribution in [0.1, 0.15) is 39.2 Å². The van der Waals surface area contributed by atoms with Crippen molar-refractivity contribution in [2.45, 2.75) is 45.7 Å². The summed E-state index contributed by atoms with van der Waals surface area (Å²) in [6, 6.07) is 10.3. The molecule has 0 radical (unpaired) electrons. The maximum atomic E-state index is 2.51. The Morgan fingerprint density at radius 2 is 1.50 bits per heavy atom. The minimum Gasteiger partial charge on any atom is -0.368 e. The van der Waals surface area contributed by atoms with E-state index >= 15 is 0 Å². The van der Waals surface area contributed by atoms with Crippen LogP contribution in [-0.4, -0.2) is 37.1 Å². The van der Waals surface area contributed by atoms with Gasteiger partial charge in [0.25, 0.3) is 0 Å². The SMILES string of the molecule is CC(C)c1ccc(N2C[C@@H](C)N(C)[C@H](C)C2)cc1. The molecule has 1 aromatic carbocycles. The summed E-state index contributed by atoms with van der Waals surface area (Å²) in [6.45, 7) is 11.4. The number of benzene rings is 1. The van der Waals surface area contributed by atoms with Gasteiger partial charge in [-0.25, -0.2) is 0 Å². The average molecular weight is 246 g/mol. The van der Waals surface area contributed by atoms with Crippen LogP contribution >= 0.6 is 0 Å². The standard InChI is InChI=1S/C16H26N2/c1-12(2)15-6-8-16(9-7-15)18-10-13(3)17(5)14(4)11-18/h6-9,12-14H,10-11H2,1-5H3/t13-,14-/m1/s1. The maximum absolute atomic E-state index is 2.51. The van der Waals surface area contributed by atoms with Crippen LogP contribution in [0, 0.1) is 0 Å². The second-order valence-corrected chi connectivity index (χ2v) is 6.01. The topological polar surface area (TPSA) is 6.48 Å². The lowest BCUT2D eigenvalue weighted by atomic mass is 10.0. The molecular formula is C16H26N2. The molecule has 100 valence electrons. The van der Waals surface area contributed by atoms with Crippen LogP contribution in [0.25, 0.3) is 0 Å². The van der Waals surface area contributed by atoms with Crippen LogP contribution in [0.15, 0.2) is 24.3 Å². The Kier molecular flexibility index (Phi) is 3.96. The zero-order chi connectivity index (χ0) is 13.3. The summed E-state index contributed by atoms with van der Waals surface area (Å²) >= 11 is 0. The molecule has 2 nitrogen and oxygen atoms in total. The maximum Gasteiger partial charge on any atom is 0.0367 e. The minimum atomic E-state index is 0.615. The number of rotatable bonds is 2. The van der Waals surface area contributed by atoms with Crippen molar-refractivity contribution in [1.29, 1.82) is 0 Å². The fraction of sp³-hybridized carbons (Fsp3) is 0.625. The van der Waals surface area contributed by atoms with Gasteiger partial charge < -0.3 is 4.90 Å². The van der Waals surface area contributed by atoms with Crippen molar-refractivity contribution in [2.24, 2.45) is 0 Å². The third-order valence-corrected chi connectivity index (χ3v) is 4.28. The molecule has 0 aliphatic carbocycles.